The van der Waals surface area contributed by atoms with Crippen LogP contribution in [0.5, 0.6) is 0 Å². The summed E-state index contributed by atoms with van der Waals surface area (Å²) in [6.45, 7) is -0.0236. The number of likely N-dealkylation sites (tertiary alicyclic amines) is 1. The molecule has 1 saturated heterocycles. The Hall–Kier alpha value is -1.95. The second-order valence-corrected chi connectivity index (χ2v) is 4.56. The van der Waals surface area contributed by atoms with Crippen LogP contribution in [0.15, 0.2) is 24.3 Å². The van der Waals surface area contributed by atoms with Crippen LogP contribution in [0.3, 0.4) is 0 Å². The molecule has 0 bridgehead atoms. The minimum absolute atomic E-state index is 0.0122. The summed E-state index contributed by atoms with van der Waals surface area (Å²) in [6.07, 6.45) is -1.03. The average molecular weight is 267 g/mol. The van der Waals surface area contributed by atoms with Crippen molar-refractivity contribution in [2.45, 2.75) is 25.0 Å². The van der Waals surface area contributed by atoms with Crippen molar-refractivity contribution in [2.24, 2.45) is 0 Å². The largest absolute Gasteiger partial charge is 0.480 e. The highest BCUT2D eigenvalue weighted by Gasteiger charge is 2.38. The SMILES string of the molecule is O=C(O)[C@H]1C[C@H](O)CN1C(=O)Cc1ccccc1F. The number of carboxylic acids is 1. The number of aliphatic hydroxyl groups is 1. The maximum Gasteiger partial charge on any atom is 0.326 e. The number of halogens is 1. The van der Waals surface area contributed by atoms with Crippen molar-refractivity contribution in [3.63, 3.8) is 0 Å². The first-order valence-corrected chi connectivity index (χ1v) is 5.92. The molecule has 19 heavy (non-hydrogen) atoms. The average Bonchev–Trinajstić information content (AvgIpc) is 2.74. The van der Waals surface area contributed by atoms with Crippen molar-refractivity contribution in [3.8, 4) is 0 Å². The van der Waals surface area contributed by atoms with Crippen molar-refractivity contribution in [3.05, 3.63) is 35.6 Å². The summed E-state index contributed by atoms with van der Waals surface area (Å²) >= 11 is 0. The van der Waals surface area contributed by atoms with E-state index in [2.05, 4.69) is 0 Å². The molecule has 1 aliphatic rings. The molecule has 2 rings (SSSR count). The summed E-state index contributed by atoms with van der Waals surface area (Å²) in [5, 5.41) is 18.4. The number of β-amino-alcohol motifs (C(OH)–C–C–N with tert-alkyl or cyclic N) is 1. The van der Waals surface area contributed by atoms with Gasteiger partial charge in [-0.25, -0.2) is 9.18 Å². The number of hydrogen-bond donors (Lipinski definition) is 2. The van der Waals surface area contributed by atoms with Crippen LogP contribution < -0.4 is 0 Å². The van der Waals surface area contributed by atoms with Crippen molar-refractivity contribution in [1.82, 2.24) is 4.90 Å². The first kappa shape index (κ1) is 13.5. The minimum Gasteiger partial charge on any atom is -0.480 e. The van der Waals surface area contributed by atoms with Crippen molar-refractivity contribution < 1.29 is 24.2 Å². The number of amides is 1. The van der Waals surface area contributed by atoms with Gasteiger partial charge in [0.05, 0.1) is 12.5 Å². The molecule has 6 heteroatoms. The van der Waals surface area contributed by atoms with Crippen LogP contribution in [0.2, 0.25) is 0 Å². The van der Waals surface area contributed by atoms with Gasteiger partial charge in [0.1, 0.15) is 11.9 Å². The van der Waals surface area contributed by atoms with Crippen LogP contribution in [0, 0.1) is 5.82 Å². The van der Waals surface area contributed by atoms with Crippen LogP contribution in [0.4, 0.5) is 4.39 Å². The Balaban J connectivity index is 2.11. The zero-order chi connectivity index (χ0) is 14.0. The molecule has 0 aliphatic carbocycles. The molecule has 0 aromatic heterocycles. The van der Waals surface area contributed by atoms with E-state index in [-0.39, 0.29) is 24.9 Å². The molecule has 5 nitrogen and oxygen atoms in total. The fourth-order valence-corrected chi connectivity index (χ4v) is 2.23. The first-order valence-electron chi connectivity index (χ1n) is 5.92. The third kappa shape index (κ3) is 2.90. The van der Waals surface area contributed by atoms with Crippen LogP contribution >= 0.6 is 0 Å². The van der Waals surface area contributed by atoms with Gasteiger partial charge in [0, 0.05) is 13.0 Å². The van der Waals surface area contributed by atoms with E-state index in [0.29, 0.717) is 0 Å². The van der Waals surface area contributed by atoms with E-state index in [9.17, 15) is 19.1 Å². The fraction of sp³-hybridized carbons (Fsp3) is 0.385. The maximum absolute atomic E-state index is 13.4. The Morgan fingerprint density at radius 1 is 1.37 bits per heavy atom. The maximum atomic E-state index is 13.4. The van der Waals surface area contributed by atoms with E-state index in [1.165, 1.54) is 18.2 Å². The molecule has 0 radical (unpaired) electrons. The predicted molar refractivity (Wildman–Crippen MR) is 63.9 cm³/mol. The summed E-state index contributed by atoms with van der Waals surface area (Å²) in [5.41, 5.74) is 0.220. The molecule has 2 N–H and O–H groups in total. The summed E-state index contributed by atoms with van der Waals surface area (Å²) in [5.74, 6) is -2.14. The zero-order valence-corrected chi connectivity index (χ0v) is 10.1. The second kappa shape index (κ2) is 5.36. The third-order valence-electron chi connectivity index (χ3n) is 3.18. The van der Waals surface area contributed by atoms with Gasteiger partial charge in [-0.15, -0.1) is 0 Å². The highest BCUT2D eigenvalue weighted by Crippen LogP contribution is 2.20. The smallest absolute Gasteiger partial charge is 0.326 e. The highest BCUT2D eigenvalue weighted by molar-refractivity contribution is 5.85. The Labute approximate surface area is 109 Å². The molecular weight excluding hydrogens is 253 g/mol. The Morgan fingerprint density at radius 3 is 2.68 bits per heavy atom. The molecule has 1 heterocycles. The molecule has 0 saturated carbocycles. The van der Waals surface area contributed by atoms with Gasteiger partial charge in [0.15, 0.2) is 0 Å². The Kier molecular flexibility index (Phi) is 3.80. The lowest BCUT2D eigenvalue weighted by Crippen LogP contribution is -2.41. The topological polar surface area (TPSA) is 77.8 Å². The molecule has 1 aliphatic heterocycles. The molecule has 1 aromatic carbocycles. The van der Waals surface area contributed by atoms with E-state index in [1.807, 2.05) is 0 Å². The first-order chi connectivity index (χ1) is 8.99. The van der Waals surface area contributed by atoms with E-state index < -0.39 is 29.8 Å². The van der Waals surface area contributed by atoms with Gasteiger partial charge in [-0.2, -0.15) is 0 Å². The van der Waals surface area contributed by atoms with Crippen molar-refractivity contribution in [2.75, 3.05) is 6.54 Å². The molecule has 0 unspecified atom stereocenters. The summed E-state index contributed by atoms with van der Waals surface area (Å²) in [6, 6.07) is 4.82. The number of nitrogens with zero attached hydrogens (tertiary/aromatic N) is 1. The van der Waals surface area contributed by atoms with E-state index in [1.54, 1.807) is 6.07 Å². The minimum atomic E-state index is -1.15. The van der Waals surface area contributed by atoms with Crippen LogP contribution in [0.25, 0.3) is 0 Å². The van der Waals surface area contributed by atoms with E-state index in [0.717, 1.165) is 4.90 Å². The third-order valence-corrected chi connectivity index (χ3v) is 3.18. The molecular formula is C13H14FNO4. The number of hydrogen-bond acceptors (Lipinski definition) is 3. The van der Waals surface area contributed by atoms with Gasteiger partial charge in [0.2, 0.25) is 5.91 Å². The van der Waals surface area contributed by atoms with Crippen molar-refractivity contribution >= 4 is 11.9 Å². The summed E-state index contributed by atoms with van der Waals surface area (Å²) in [4.78, 5) is 24.1. The zero-order valence-electron chi connectivity index (χ0n) is 10.1. The van der Waals surface area contributed by atoms with E-state index in [4.69, 9.17) is 5.11 Å². The lowest BCUT2D eigenvalue weighted by molar-refractivity contribution is -0.148. The molecule has 2 atom stereocenters. The highest BCUT2D eigenvalue weighted by atomic mass is 19.1. The fourth-order valence-electron chi connectivity index (χ4n) is 2.23. The molecule has 0 spiro atoms. The standard InChI is InChI=1S/C13H14FNO4/c14-10-4-2-1-3-8(10)5-12(17)15-7-9(16)6-11(15)13(18)19/h1-4,9,11,16H,5-7H2,(H,18,19)/t9-,11+/m0/s1. The number of aliphatic carboxylic acids is 1. The Morgan fingerprint density at radius 2 is 2.05 bits per heavy atom. The number of carbonyl (C=O) groups excluding carboxylic acids is 1. The quantitative estimate of drug-likeness (QED) is 0.831. The number of carboxylic acid groups (broad SMARTS) is 1. The van der Waals surface area contributed by atoms with Gasteiger partial charge < -0.3 is 15.1 Å². The predicted octanol–water partition coefficient (Wildman–Crippen LogP) is 0.415. The lowest BCUT2D eigenvalue weighted by Gasteiger charge is -2.21. The number of rotatable bonds is 3. The molecule has 1 amide bonds. The number of benzene rings is 1. The van der Waals surface area contributed by atoms with Gasteiger partial charge in [-0.05, 0) is 11.6 Å². The monoisotopic (exact) mass is 267 g/mol. The summed E-state index contributed by atoms with van der Waals surface area (Å²) < 4.78 is 13.4. The number of carbonyl (C=O) groups is 2. The Bertz CT molecular complexity index is 505. The summed E-state index contributed by atoms with van der Waals surface area (Å²) in [7, 11) is 0. The van der Waals surface area contributed by atoms with Gasteiger partial charge in [-0.3, -0.25) is 4.79 Å². The second-order valence-electron chi connectivity index (χ2n) is 4.56. The molecule has 1 fully saturated rings. The molecule has 1 aromatic rings. The van der Waals surface area contributed by atoms with Crippen molar-refractivity contribution in [1.29, 1.82) is 0 Å². The van der Waals surface area contributed by atoms with Gasteiger partial charge in [-0.1, -0.05) is 18.2 Å². The van der Waals surface area contributed by atoms with Crippen LogP contribution in [0.1, 0.15) is 12.0 Å². The van der Waals surface area contributed by atoms with Crippen LogP contribution in [-0.4, -0.2) is 45.7 Å². The van der Waals surface area contributed by atoms with Gasteiger partial charge in [0.25, 0.3) is 0 Å². The van der Waals surface area contributed by atoms with Crippen LogP contribution in [-0.2, 0) is 16.0 Å². The molecule has 102 valence electrons. The lowest BCUT2D eigenvalue weighted by atomic mass is 10.1. The number of aliphatic hydroxyl groups excluding tert-OH is 1. The van der Waals surface area contributed by atoms with Gasteiger partial charge >= 0.3 is 5.97 Å². The van der Waals surface area contributed by atoms with E-state index >= 15 is 0 Å². The normalized spacial score (nSPS) is 22.5.